The molecule has 0 aliphatic heterocycles. The van der Waals surface area contributed by atoms with Crippen molar-refractivity contribution in [2.45, 2.75) is 116 Å². The lowest BCUT2D eigenvalue weighted by Crippen LogP contribution is -2.43. The van der Waals surface area contributed by atoms with E-state index in [1.54, 1.807) is 0 Å². The van der Waals surface area contributed by atoms with Crippen LogP contribution in [0.2, 0.25) is 33.2 Å². The first-order valence-electron chi connectivity index (χ1n) is 13.8. The predicted octanol–water partition coefficient (Wildman–Crippen LogP) is 9.14. The molecule has 0 bridgehead atoms. The molecule has 4 heteroatoms. The fourth-order valence-corrected chi connectivity index (χ4v) is 17.4. The fourth-order valence-electron chi connectivity index (χ4n) is 6.96. The second kappa shape index (κ2) is 11.5. The summed E-state index contributed by atoms with van der Waals surface area (Å²) in [6.45, 7) is 28.0. The van der Waals surface area contributed by atoms with E-state index in [2.05, 4.69) is 130 Å². The van der Waals surface area contributed by atoms with Gasteiger partial charge < -0.3 is 11.5 Å². The molecule has 0 aromatic heterocycles. The number of nitrogen functional groups attached to an aromatic ring is 2. The molecule has 4 N–H and O–H groups in total. The minimum absolute atomic E-state index is 0.557. The summed E-state index contributed by atoms with van der Waals surface area (Å²) in [5.41, 5.74) is 27.5. The Morgan fingerprint density at radius 2 is 0.750 bits per heavy atom. The van der Waals surface area contributed by atoms with Crippen LogP contribution in [0.25, 0.3) is 10.8 Å². The predicted molar refractivity (Wildman–Crippen MR) is 169 cm³/mol. The van der Waals surface area contributed by atoms with Gasteiger partial charge in [-0.2, -0.15) is 0 Å². The number of hydrogen-bond acceptors (Lipinski definition) is 2. The van der Waals surface area contributed by atoms with Crippen LogP contribution in [0.4, 0.5) is 11.4 Å². The van der Waals surface area contributed by atoms with Crippen molar-refractivity contribution in [2.75, 3.05) is 11.5 Å². The van der Waals surface area contributed by atoms with Crippen molar-refractivity contribution in [3.05, 3.63) is 35.4 Å². The molecular weight excluding hydrogens is 469 g/mol. The first-order chi connectivity index (χ1) is 16.7. The Hall–Kier alpha value is -2.15. The molecule has 0 heterocycles. The van der Waals surface area contributed by atoms with Crippen LogP contribution in [0.15, 0.2) is 24.3 Å². The van der Waals surface area contributed by atoms with Crippen LogP contribution in [0.3, 0.4) is 0 Å². The lowest BCUT2D eigenvalue weighted by atomic mass is 9.96. The molecule has 0 aliphatic rings. The Bertz CT molecular complexity index is 1060. The van der Waals surface area contributed by atoms with Crippen molar-refractivity contribution < 1.29 is 0 Å². The Morgan fingerprint density at radius 1 is 0.500 bits per heavy atom. The van der Waals surface area contributed by atoms with Crippen LogP contribution in [-0.2, 0) is 0 Å². The topological polar surface area (TPSA) is 52.0 Å². The molecule has 2 rings (SSSR count). The average Bonchev–Trinajstić information content (AvgIpc) is 2.77. The van der Waals surface area contributed by atoms with Gasteiger partial charge in [-0.15, -0.1) is 11.1 Å². The SMILES string of the molecule is CC(C)[Si](C#Cc1c(N)c(N)c(C#C[Si](C(C)C)(C(C)C)C(C)C)c2ccccc12)(C(C)C)C(C)C. The molecule has 0 spiro atoms. The van der Waals surface area contributed by atoms with E-state index < -0.39 is 16.1 Å². The van der Waals surface area contributed by atoms with Gasteiger partial charge in [-0.3, -0.25) is 0 Å². The van der Waals surface area contributed by atoms with Crippen LogP contribution in [0.5, 0.6) is 0 Å². The molecule has 0 amide bonds. The lowest BCUT2D eigenvalue weighted by Gasteiger charge is -2.38. The maximum atomic E-state index is 6.76. The third kappa shape index (κ3) is 5.13. The number of anilines is 2. The van der Waals surface area contributed by atoms with Gasteiger partial charge in [0.1, 0.15) is 16.1 Å². The zero-order chi connectivity index (χ0) is 27.6. The second-order valence-electron chi connectivity index (χ2n) is 12.4. The number of fused-ring (bicyclic) bond motifs is 1. The second-order valence-corrected chi connectivity index (χ2v) is 23.6. The van der Waals surface area contributed by atoms with E-state index in [9.17, 15) is 0 Å². The summed E-state index contributed by atoms with van der Waals surface area (Å²) in [5, 5.41) is 2.12. The van der Waals surface area contributed by atoms with Crippen LogP contribution in [0, 0.1) is 22.9 Å². The Kier molecular flexibility index (Phi) is 9.60. The molecule has 0 aliphatic carbocycles. The summed E-state index contributed by atoms with van der Waals surface area (Å²) in [4.78, 5) is 0. The molecule has 0 saturated heterocycles. The standard InChI is InChI=1S/C32H50N2Si2/c1-21(2)35(22(3)4,23(5)6)19-17-29-27-15-13-14-16-28(27)30(32(34)31(29)33)18-20-36(24(7)8,25(9)10)26(11)12/h13-16,21-26H,33-34H2,1-12H3. The van der Waals surface area contributed by atoms with Gasteiger partial charge in [0.15, 0.2) is 0 Å². The first-order valence-corrected chi connectivity index (χ1v) is 18.3. The van der Waals surface area contributed by atoms with Crippen molar-refractivity contribution in [2.24, 2.45) is 0 Å². The van der Waals surface area contributed by atoms with Crippen LogP contribution in [-0.4, -0.2) is 16.1 Å². The van der Waals surface area contributed by atoms with Crippen LogP contribution < -0.4 is 11.5 Å². The van der Waals surface area contributed by atoms with Crippen LogP contribution in [0.1, 0.15) is 94.2 Å². The number of hydrogen-bond donors (Lipinski definition) is 2. The lowest BCUT2D eigenvalue weighted by molar-refractivity contribution is 0.838. The highest BCUT2D eigenvalue weighted by molar-refractivity contribution is 6.91. The van der Waals surface area contributed by atoms with Gasteiger partial charge in [0.25, 0.3) is 0 Å². The van der Waals surface area contributed by atoms with Gasteiger partial charge in [-0.1, -0.05) is 119 Å². The van der Waals surface area contributed by atoms with E-state index in [0.29, 0.717) is 44.6 Å². The molecule has 0 fully saturated rings. The minimum atomic E-state index is -1.91. The zero-order valence-corrected chi connectivity index (χ0v) is 26.9. The van der Waals surface area contributed by atoms with E-state index >= 15 is 0 Å². The van der Waals surface area contributed by atoms with E-state index in [0.717, 1.165) is 21.9 Å². The molecule has 0 radical (unpaired) electrons. The summed E-state index contributed by atoms with van der Waals surface area (Å²) in [7, 11) is -3.82. The number of benzene rings is 2. The smallest absolute Gasteiger partial charge is 0.146 e. The quantitative estimate of drug-likeness (QED) is 0.227. The summed E-state index contributed by atoms with van der Waals surface area (Å²) in [6, 6.07) is 8.38. The average molecular weight is 519 g/mol. The molecule has 0 atom stereocenters. The summed E-state index contributed by atoms with van der Waals surface area (Å²) in [5.74, 6) is 7.21. The van der Waals surface area contributed by atoms with Crippen molar-refractivity contribution in [1.29, 1.82) is 0 Å². The summed E-state index contributed by atoms with van der Waals surface area (Å²) < 4.78 is 0. The van der Waals surface area contributed by atoms with Crippen LogP contribution >= 0.6 is 0 Å². The molecule has 2 aromatic carbocycles. The first kappa shape index (κ1) is 30.1. The van der Waals surface area contributed by atoms with Crippen molar-refractivity contribution >= 4 is 38.3 Å². The normalized spacial score (nSPS) is 12.6. The highest BCUT2D eigenvalue weighted by atomic mass is 28.3. The summed E-state index contributed by atoms with van der Waals surface area (Å²) in [6.07, 6.45) is 0. The number of nitrogens with two attached hydrogens (primary N) is 2. The molecule has 2 aromatic rings. The van der Waals surface area contributed by atoms with E-state index in [1.165, 1.54) is 0 Å². The number of rotatable bonds is 6. The third-order valence-corrected chi connectivity index (χ3v) is 21.4. The van der Waals surface area contributed by atoms with Gasteiger partial charge in [-0.25, -0.2) is 0 Å². The largest absolute Gasteiger partial charge is 0.396 e. The van der Waals surface area contributed by atoms with Gasteiger partial charge in [-0.05, 0) is 33.2 Å². The highest BCUT2D eigenvalue weighted by Crippen LogP contribution is 2.43. The molecule has 36 heavy (non-hydrogen) atoms. The van der Waals surface area contributed by atoms with E-state index in [1.807, 2.05) is 0 Å². The van der Waals surface area contributed by atoms with Gasteiger partial charge in [0, 0.05) is 10.8 Å². The fraction of sp³-hybridized carbons (Fsp3) is 0.562. The third-order valence-electron chi connectivity index (χ3n) is 8.83. The van der Waals surface area contributed by atoms with E-state index in [4.69, 9.17) is 11.5 Å². The zero-order valence-electron chi connectivity index (χ0n) is 24.9. The Morgan fingerprint density at radius 3 is 0.972 bits per heavy atom. The maximum absolute atomic E-state index is 6.76. The van der Waals surface area contributed by atoms with E-state index in [-0.39, 0.29) is 0 Å². The van der Waals surface area contributed by atoms with Crippen molar-refractivity contribution in [1.82, 2.24) is 0 Å². The molecular formula is C32H50N2Si2. The maximum Gasteiger partial charge on any atom is 0.146 e. The molecule has 0 unspecified atom stereocenters. The van der Waals surface area contributed by atoms with Gasteiger partial charge in [0.05, 0.1) is 22.5 Å². The van der Waals surface area contributed by atoms with Crippen molar-refractivity contribution in [3.63, 3.8) is 0 Å². The van der Waals surface area contributed by atoms with Gasteiger partial charge in [0.2, 0.25) is 0 Å². The Balaban J connectivity index is 2.90. The molecule has 2 nitrogen and oxygen atoms in total. The monoisotopic (exact) mass is 518 g/mol. The van der Waals surface area contributed by atoms with Gasteiger partial charge >= 0.3 is 0 Å². The van der Waals surface area contributed by atoms with Crippen molar-refractivity contribution in [3.8, 4) is 22.9 Å². The Labute approximate surface area is 224 Å². The highest BCUT2D eigenvalue weighted by Gasteiger charge is 2.42. The summed E-state index contributed by atoms with van der Waals surface area (Å²) >= 11 is 0. The molecule has 196 valence electrons. The molecule has 0 saturated carbocycles. The minimum Gasteiger partial charge on any atom is -0.396 e.